The summed E-state index contributed by atoms with van der Waals surface area (Å²) in [5.74, 6) is -0.909. The molecular formula is C11H14N2O3. The first-order chi connectivity index (χ1) is 7.61. The summed E-state index contributed by atoms with van der Waals surface area (Å²) < 4.78 is 5.35. The molecule has 16 heavy (non-hydrogen) atoms. The summed E-state index contributed by atoms with van der Waals surface area (Å²) in [5, 5.41) is 9.14. The van der Waals surface area contributed by atoms with Crippen molar-refractivity contribution in [3.8, 4) is 0 Å². The maximum Gasteiger partial charge on any atom is 0.339 e. The maximum absolute atomic E-state index is 11.2. The van der Waals surface area contributed by atoms with E-state index in [1.165, 1.54) is 0 Å². The van der Waals surface area contributed by atoms with Crippen LogP contribution in [-0.4, -0.2) is 29.3 Å². The molecule has 0 aliphatic carbocycles. The Bertz CT molecular complexity index is 443. The molecule has 0 atom stereocenters. The largest absolute Gasteiger partial charge is 0.478 e. The van der Waals surface area contributed by atoms with E-state index in [0.717, 1.165) is 16.8 Å². The number of rotatable bonds is 1. The van der Waals surface area contributed by atoms with Gasteiger partial charge in [-0.15, -0.1) is 0 Å². The number of anilines is 1. The second kappa shape index (κ2) is 4.09. The zero-order valence-electron chi connectivity index (χ0n) is 9.12. The van der Waals surface area contributed by atoms with Gasteiger partial charge in [-0.3, -0.25) is 0 Å². The summed E-state index contributed by atoms with van der Waals surface area (Å²) in [6, 6.07) is 0. The second-order valence-corrected chi connectivity index (χ2v) is 3.83. The van der Waals surface area contributed by atoms with Crippen molar-refractivity contribution in [3.05, 3.63) is 22.4 Å². The fourth-order valence-electron chi connectivity index (χ4n) is 2.12. The van der Waals surface area contributed by atoms with Crippen LogP contribution >= 0.6 is 0 Å². The third-order valence-corrected chi connectivity index (χ3v) is 2.85. The number of carboxylic acids is 1. The molecule has 3 N–H and O–H groups in total. The van der Waals surface area contributed by atoms with Crippen LogP contribution in [0.5, 0.6) is 0 Å². The summed E-state index contributed by atoms with van der Waals surface area (Å²) in [6.07, 6.45) is 1.29. The Morgan fingerprint density at radius 1 is 1.38 bits per heavy atom. The van der Waals surface area contributed by atoms with E-state index in [9.17, 15) is 4.79 Å². The molecule has 86 valence electrons. The highest BCUT2D eigenvalue weighted by molar-refractivity contribution is 5.94. The maximum atomic E-state index is 11.2. The molecule has 1 aromatic heterocycles. The summed E-state index contributed by atoms with van der Waals surface area (Å²) in [7, 11) is 0. The van der Waals surface area contributed by atoms with E-state index in [1.807, 2.05) is 6.92 Å². The molecule has 0 fully saturated rings. The van der Waals surface area contributed by atoms with E-state index >= 15 is 0 Å². The molecule has 0 bridgehead atoms. The Balaban J connectivity index is 2.65. The lowest BCUT2D eigenvalue weighted by molar-refractivity contribution is 0.0696. The van der Waals surface area contributed by atoms with E-state index in [-0.39, 0.29) is 11.4 Å². The van der Waals surface area contributed by atoms with E-state index in [1.54, 1.807) is 0 Å². The molecule has 0 amide bonds. The van der Waals surface area contributed by atoms with Gasteiger partial charge in [-0.2, -0.15) is 0 Å². The number of fused-ring (bicyclic) bond motifs is 1. The van der Waals surface area contributed by atoms with Crippen LogP contribution in [0.15, 0.2) is 0 Å². The van der Waals surface area contributed by atoms with Crippen molar-refractivity contribution in [1.29, 1.82) is 0 Å². The van der Waals surface area contributed by atoms with Gasteiger partial charge in [0.1, 0.15) is 11.4 Å². The molecule has 0 saturated heterocycles. The lowest BCUT2D eigenvalue weighted by atomic mass is 9.96. The van der Waals surface area contributed by atoms with Gasteiger partial charge in [0.15, 0.2) is 0 Å². The number of carboxylic acid groups (broad SMARTS) is 1. The molecule has 0 unspecified atom stereocenters. The summed E-state index contributed by atoms with van der Waals surface area (Å²) in [4.78, 5) is 15.2. The predicted molar refractivity (Wildman–Crippen MR) is 58.6 cm³/mol. The van der Waals surface area contributed by atoms with Crippen molar-refractivity contribution < 1.29 is 14.6 Å². The monoisotopic (exact) mass is 222 g/mol. The molecule has 0 spiro atoms. The van der Waals surface area contributed by atoms with Crippen LogP contribution in [0.1, 0.15) is 27.2 Å². The van der Waals surface area contributed by atoms with Crippen molar-refractivity contribution in [2.75, 3.05) is 18.9 Å². The summed E-state index contributed by atoms with van der Waals surface area (Å²) >= 11 is 0. The normalized spacial score (nSPS) is 15.3. The Morgan fingerprint density at radius 3 is 2.62 bits per heavy atom. The Kier molecular flexibility index (Phi) is 2.78. The number of carbonyl (C=O) groups is 1. The van der Waals surface area contributed by atoms with Crippen molar-refractivity contribution in [3.63, 3.8) is 0 Å². The number of nitrogens with two attached hydrogens (primary N) is 1. The number of aromatic nitrogens is 1. The third kappa shape index (κ3) is 1.74. The number of nitrogens with zero attached hydrogens (tertiary/aromatic N) is 1. The highest BCUT2D eigenvalue weighted by atomic mass is 16.5. The first-order valence-corrected chi connectivity index (χ1v) is 5.20. The van der Waals surface area contributed by atoms with Gasteiger partial charge in [-0.05, 0) is 30.9 Å². The van der Waals surface area contributed by atoms with Crippen LogP contribution < -0.4 is 5.73 Å². The number of ether oxygens (including phenoxy) is 1. The minimum absolute atomic E-state index is 0.102. The first-order valence-electron chi connectivity index (χ1n) is 5.20. The highest BCUT2D eigenvalue weighted by Gasteiger charge is 2.22. The fraction of sp³-hybridized carbons (Fsp3) is 0.455. The highest BCUT2D eigenvalue weighted by Crippen LogP contribution is 2.25. The zero-order chi connectivity index (χ0) is 11.7. The molecule has 1 aromatic rings. The minimum atomic E-state index is -1.01. The summed E-state index contributed by atoms with van der Waals surface area (Å²) in [5.41, 5.74) is 8.38. The van der Waals surface area contributed by atoms with Crippen LogP contribution in [0.3, 0.4) is 0 Å². The van der Waals surface area contributed by atoms with Gasteiger partial charge in [0.25, 0.3) is 0 Å². The fourth-order valence-corrected chi connectivity index (χ4v) is 2.12. The average Bonchev–Trinajstić information content (AvgIpc) is 2.42. The second-order valence-electron chi connectivity index (χ2n) is 3.83. The number of hydrogen-bond acceptors (Lipinski definition) is 4. The predicted octanol–water partition coefficient (Wildman–Crippen LogP) is 0.786. The molecule has 0 radical (unpaired) electrons. The van der Waals surface area contributed by atoms with E-state index in [4.69, 9.17) is 15.6 Å². The Labute approximate surface area is 93.2 Å². The number of hydrogen-bond donors (Lipinski definition) is 2. The molecule has 5 nitrogen and oxygen atoms in total. The Hall–Kier alpha value is -1.62. The lowest BCUT2D eigenvalue weighted by Gasteiger charge is -2.13. The molecule has 0 aromatic carbocycles. The number of pyridine rings is 1. The molecule has 1 aliphatic rings. The quantitative estimate of drug-likeness (QED) is 0.733. The Morgan fingerprint density at radius 2 is 2.00 bits per heavy atom. The van der Waals surface area contributed by atoms with Crippen molar-refractivity contribution in [2.24, 2.45) is 0 Å². The van der Waals surface area contributed by atoms with E-state index < -0.39 is 5.97 Å². The molecule has 1 aliphatic heterocycles. The van der Waals surface area contributed by atoms with Crippen LogP contribution in [0.4, 0.5) is 5.82 Å². The molecule has 0 saturated carbocycles. The van der Waals surface area contributed by atoms with Gasteiger partial charge in [0.2, 0.25) is 0 Å². The van der Waals surface area contributed by atoms with Crippen LogP contribution in [0.25, 0.3) is 0 Å². The number of aromatic carboxylic acids is 1. The number of aryl methyl sites for hydroxylation is 1. The first kappa shape index (κ1) is 10.9. The van der Waals surface area contributed by atoms with Gasteiger partial charge in [0, 0.05) is 5.69 Å². The molecule has 2 heterocycles. The molecule has 5 heteroatoms. The van der Waals surface area contributed by atoms with Gasteiger partial charge < -0.3 is 15.6 Å². The van der Waals surface area contributed by atoms with Crippen molar-refractivity contribution in [2.45, 2.75) is 19.8 Å². The van der Waals surface area contributed by atoms with E-state index in [0.29, 0.717) is 26.1 Å². The lowest BCUT2D eigenvalue weighted by Crippen LogP contribution is -2.13. The molecular weight excluding hydrogens is 208 g/mol. The smallest absolute Gasteiger partial charge is 0.339 e. The zero-order valence-corrected chi connectivity index (χ0v) is 9.12. The van der Waals surface area contributed by atoms with Crippen molar-refractivity contribution in [1.82, 2.24) is 4.98 Å². The topological polar surface area (TPSA) is 85.4 Å². The van der Waals surface area contributed by atoms with Crippen LogP contribution in [0.2, 0.25) is 0 Å². The van der Waals surface area contributed by atoms with Gasteiger partial charge >= 0.3 is 5.97 Å². The van der Waals surface area contributed by atoms with Crippen molar-refractivity contribution >= 4 is 11.8 Å². The van der Waals surface area contributed by atoms with E-state index in [2.05, 4.69) is 4.98 Å². The molecule has 2 rings (SSSR count). The summed E-state index contributed by atoms with van der Waals surface area (Å²) in [6.45, 7) is 3.00. The van der Waals surface area contributed by atoms with Gasteiger partial charge in [0.05, 0.1) is 13.2 Å². The standard InChI is InChI=1S/C11H14N2O3/c1-6-7-2-4-16-5-3-8(7)9(11(14)15)10(12)13-6/h2-5H2,1H3,(H2,12,13)(H,14,15). The van der Waals surface area contributed by atoms with Gasteiger partial charge in [-0.25, -0.2) is 9.78 Å². The SMILES string of the molecule is Cc1nc(N)c(C(=O)O)c2c1CCOCC2. The van der Waals surface area contributed by atoms with Crippen LogP contribution in [0, 0.1) is 6.92 Å². The third-order valence-electron chi connectivity index (χ3n) is 2.85. The van der Waals surface area contributed by atoms with Gasteiger partial charge in [-0.1, -0.05) is 0 Å². The minimum Gasteiger partial charge on any atom is -0.478 e. The number of nitrogen functional groups attached to an aromatic ring is 1. The average molecular weight is 222 g/mol. The van der Waals surface area contributed by atoms with Crippen LogP contribution in [-0.2, 0) is 17.6 Å².